The molecule has 0 atom stereocenters. The van der Waals surface area contributed by atoms with E-state index in [1.807, 2.05) is 19.2 Å². The molecule has 0 saturated carbocycles. The van der Waals surface area contributed by atoms with Crippen LogP contribution in [0.3, 0.4) is 0 Å². The van der Waals surface area contributed by atoms with Crippen LogP contribution >= 0.6 is 22.6 Å². The lowest BCUT2D eigenvalue weighted by Gasteiger charge is -1.90. The van der Waals surface area contributed by atoms with Crippen LogP contribution in [-0.4, -0.2) is 4.98 Å². The van der Waals surface area contributed by atoms with Crippen molar-refractivity contribution in [3.8, 4) is 0 Å². The van der Waals surface area contributed by atoms with Gasteiger partial charge >= 0.3 is 0 Å². The minimum absolute atomic E-state index is 1.21. The van der Waals surface area contributed by atoms with Gasteiger partial charge in [-0.25, -0.2) is 0 Å². The predicted octanol–water partition coefficient (Wildman–Crippen LogP) is 1.79. The van der Waals surface area contributed by atoms with Gasteiger partial charge in [-0.15, -0.1) is 0 Å². The summed E-state index contributed by atoms with van der Waals surface area (Å²) in [6.45, 7) is 2.03. The molecular formula is C6H5IN. The second-order valence-electron chi connectivity index (χ2n) is 1.56. The average Bonchev–Trinajstić information content (AvgIpc) is 1.77. The minimum Gasteiger partial charge on any atom is -0.254 e. The van der Waals surface area contributed by atoms with E-state index in [1.165, 1.54) is 9.13 Å². The van der Waals surface area contributed by atoms with Crippen LogP contribution < -0.4 is 0 Å². The lowest BCUT2D eigenvalue weighted by molar-refractivity contribution is 1.24. The third kappa shape index (κ3) is 1.18. The first-order valence-electron chi connectivity index (χ1n) is 2.29. The molecule has 0 N–H and O–H groups in total. The van der Waals surface area contributed by atoms with Crippen LogP contribution in [0.25, 0.3) is 0 Å². The highest BCUT2D eigenvalue weighted by atomic mass is 127. The zero-order valence-corrected chi connectivity index (χ0v) is 6.64. The summed E-state index contributed by atoms with van der Waals surface area (Å²) in [6.07, 6.45) is 4.55. The third-order valence-electron chi connectivity index (χ3n) is 0.901. The van der Waals surface area contributed by atoms with Gasteiger partial charge in [0.15, 0.2) is 0 Å². The Labute approximate surface area is 62.3 Å². The van der Waals surface area contributed by atoms with Crippen molar-refractivity contribution in [1.29, 1.82) is 0 Å². The van der Waals surface area contributed by atoms with Crippen LogP contribution in [0.2, 0.25) is 0 Å². The number of nitrogens with zero attached hydrogens (tertiary/aromatic N) is 1. The van der Waals surface area contributed by atoms with Crippen LogP contribution in [-0.2, 0) is 0 Å². The molecule has 1 nitrogen and oxygen atoms in total. The molecule has 0 unspecified atom stereocenters. The Morgan fingerprint density at radius 1 is 1.75 bits per heavy atom. The molecule has 1 rings (SSSR count). The Kier molecular flexibility index (Phi) is 1.83. The first-order valence-corrected chi connectivity index (χ1v) is 3.37. The molecule has 1 aromatic rings. The maximum atomic E-state index is 3.82. The van der Waals surface area contributed by atoms with Crippen molar-refractivity contribution in [3.63, 3.8) is 0 Å². The first-order chi connectivity index (χ1) is 3.80. The van der Waals surface area contributed by atoms with Gasteiger partial charge in [-0.3, -0.25) is 4.98 Å². The second-order valence-corrected chi connectivity index (χ2v) is 2.72. The van der Waals surface area contributed by atoms with Crippen LogP contribution in [0.5, 0.6) is 0 Å². The van der Waals surface area contributed by atoms with E-state index in [0.29, 0.717) is 0 Å². The Bertz CT molecular complexity index is 165. The number of rotatable bonds is 0. The number of aryl methyl sites for hydroxylation is 1. The molecule has 1 radical (unpaired) electrons. The van der Waals surface area contributed by atoms with Crippen molar-refractivity contribution in [3.05, 3.63) is 27.6 Å². The van der Waals surface area contributed by atoms with Gasteiger partial charge in [0.05, 0.1) is 6.20 Å². The lowest BCUT2D eigenvalue weighted by atomic mass is 10.3. The van der Waals surface area contributed by atoms with E-state index in [-0.39, 0.29) is 0 Å². The van der Waals surface area contributed by atoms with Crippen LogP contribution in [0.15, 0.2) is 12.3 Å². The molecule has 41 valence electrons. The highest BCUT2D eigenvalue weighted by molar-refractivity contribution is 14.1. The van der Waals surface area contributed by atoms with Gasteiger partial charge < -0.3 is 0 Å². The summed E-state index contributed by atoms with van der Waals surface area (Å²) < 4.78 is 1.22. The summed E-state index contributed by atoms with van der Waals surface area (Å²) in [5.41, 5.74) is 1.21. The highest BCUT2D eigenvalue weighted by Crippen LogP contribution is 2.06. The summed E-state index contributed by atoms with van der Waals surface area (Å²) >= 11 is 2.25. The van der Waals surface area contributed by atoms with Gasteiger partial charge in [-0.1, -0.05) is 0 Å². The minimum atomic E-state index is 1.21. The molecule has 0 amide bonds. The molecule has 2 heteroatoms. The standard InChI is InChI=1S/C6H5IN/c1-5-4-8-3-2-6(5)7/h2,4H,1H3. The van der Waals surface area contributed by atoms with E-state index in [1.54, 1.807) is 0 Å². The summed E-state index contributed by atoms with van der Waals surface area (Å²) in [7, 11) is 0. The maximum Gasteiger partial charge on any atom is 0.0897 e. The quantitative estimate of drug-likeness (QED) is 0.605. The fourth-order valence-electron chi connectivity index (χ4n) is 0.404. The van der Waals surface area contributed by atoms with Crippen LogP contribution in [0.4, 0.5) is 0 Å². The molecule has 0 aliphatic heterocycles. The van der Waals surface area contributed by atoms with Gasteiger partial charge in [0, 0.05) is 9.77 Å². The number of pyridine rings is 1. The highest BCUT2D eigenvalue weighted by Gasteiger charge is 1.87. The summed E-state index contributed by atoms with van der Waals surface area (Å²) in [4.78, 5) is 3.82. The largest absolute Gasteiger partial charge is 0.254 e. The van der Waals surface area contributed by atoms with Crippen molar-refractivity contribution in [1.82, 2.24) is 4.98 Å². The van der Waals surface area contributed by atoms with Gasteiger partial charge in [0.1, 0.15) is 0 Å². The monoisotopic (exact) mass is 218 g/mol. The molecule has 0 spiro atoms. The molecule has 0 bridgehead atoms. The average molecular weight is 218 g/mol. The van der Waals surface area contributed by atoms with Gasteiger partial charge in [0.25, 0.3) is 0 Å². The fraction of sp³-hybridized carbons (Fsp3) is 0.167. The molecule has 0 aliphatic rings. The van der Waals surface area contributed by atoms with Gasteiger partial charge in [0.2, 0.25) is 0 Å². The fourth-order valence-corrected chi connectivity index (χ4v) is 0.682. The van der Waals surface area contributed by atoms with E-state index >= 15 is 0 Å². The number of halogens is 1. The Hall–Kier alpha value is -0.120. The molecule has 0 aliphatic carbocycles. The third-order valence-corrected chi connectivity index (χ3v) is 2.06. The van der Waals surface area contributed by atoms with Crippen LogP contribution in [0, 0.1) is 16.7 Å². The summed E-state index contributed by atoms with van der Waals surface area (Å²) in [5, 5.41) is 0. The first kappa shape index (κ1) is 6.01. The number of aromatic nitrogens is 1. The molecule has 8 heavy (non-hydrogen) atoms. The summed E-state index contributed by atoms with van der Waals surface area (Å²) in [6, 6.07) is 1.87. The van der Waals surface area contributed by atoms with Crippen molar-refractivity contribution < 1.29 is 0 Å². The molecule has 1 aromatic heterocycles. The van der Waals surface area contributed by atoms with E-state index in [0.717, 1.165) is 0 Å². The molecule has 0 aromatic carbocycles. The predicted molar refractivity (Wildman–Crippen MR) is 40.5 cm³/mol. The normalized spacial score (nSPS) is 9.25. The topological polar surface area (TPSA) is 12.9 Å². The van der Waals surface area contributed by atoms with Crippen molar-refractivity contribution in [2.75, 3.05) is 0 Å². The number of hydrogen-bond donors (Lipinski definition) is 0. The Balaban J connectivity index is 3.13. The van der Waals surface area contributed by atoms with Gasteiger partial charge in [-0.2, -0.15) is 0 Å². The molecule has 0 fully saturated rings. The van der Waals surface area contributed by atoms with Crippen molar-refractivity contribution in [2.24, 2.45) is 0 Å². The SMILES string of the molecule is Cc1cn[c]cc1I. The lowest BCUT2D eigenvalue weighted by Crippen LogP contribution is -1.79. The zero-order chi connectivity index (χ0) is 5.98. The second kappa shape index (κ2) is 2.44. The number of hydrogen-bond acceptors (Lipinski definition) is 1. The molecule has 1 heterocycles. The van der Waals surface area contributed by atoms with E-state index < -0.39 is 0 Å². The summed E-state index contributed by atoms with van der Waals surface area (Å²) in [5.74, 6) is 0. The molecule has 0 saturated heterocycles. The smallest absolute Gasteiger partial charge is 0.0897 e. The van der Waals surface area contributed by atoms with E-state index in [4.69, 9.17) is 0 Å². The van der Waals surface area contributed by atoms with E-state index in [9.17, 15) is 0 Å². The van der Waals surface area contributed by atoms with Crippen LogP contribution in [0.1, 0.15) is 5.56 Å². The van der Waals surface area contributed by atoms with Crippen molar-refractivity contribution in [2.45, 2.75) is 6.92 Å². The Morgan fingerprint density at radius 3 is 2.88 bits per heavy atom. The van der Waals surface area contributed by atoms with E-state index in [2.05, 4.69) is 33.8 Å². The molecular weight excluding hydrogens is 213 g/mol. The zero-order valence-electron chi connectivity index (χ0n) is 4.48. The van der Waals surface area contributed by atoms with Crippen molar-refractivity contribution >= 4 is 22.6 Å². The van der Waals surface area contributed by atoms with Gasteiger partial charge in [-0.05, 0) is 41.1 Å². The Morgan fingerprint density at radius 2 is 2.50 bits per heavy atom. The maximum absolute atomic E-state index is 3.82.